The first-order valence-corrected chi connectivity index (χ1v) is 12.1. The quantitative estimate of drug-likeness (QED) is 0.456. The Labute approximate surface area is 211 Å². The molecule has 188 valence electrons. The second-order valence-corrected chi connectivity index (χ2v) is 9.08. The maximum absolute atomic E-state index is 13.4. The molecule has 0 saturated carbocycles. The Bertz CT molecular complexity index is 1150. The Morgan fingerprint density at radius 2 is 1.64 bits per heavy atom. The van der Waals surface area contributed by atoms with Crippen molar-refractivity contribution in [2.24, 2.45) is 5.92 Å². The highest BCUT2D eigenvalue weighted by atomic mass is 19.1. The van der Waals surface area contributed by atoms with Gasteiger partial charge in [-0.25, -0.2) is 4.39 Å². The van der Waals surface area contributed by atoms with Crippen molar-refractivity contribution < 1.29 is 23.5 Å². The van der Waals surface area contributed by atoms with Crippen molar-refractivity contribution >= 4 is 11.8 Å². The molecule has 0 unspecified atom stereocenters. The van der Waals surface area contributed by atoms with Crippen molar-refractivity contribution in [3.63, 3.8) is 0 Å². The van der Waals surface area contributed by atoms with E-state index in [1.54, 1.807) is 60.4 Å². The summed E-state index contributed by atoms with van der Waals surface area (Å²) in [5.41, 5.74) is 1.62. The minimum Gasteiger partial charge on any atom is -0.497 e. The van der Waals surface area contributed by atoms with Crippen LogP contribution in [0.5, 0.6) is 11.5 Å². The lowest BCUT2D eigenvalue weighted by molar-refractivity contribution is -0.132. The fourth-order valence-corrected chi connectivity index (χ4v) is 4.48. The maximum atomic E-state index is 13.4. The smallest absolute Gasteiger partial charge is 0.253 e. The molecule has 3 aromatic carbocycles. The molecule has 3 aromatic rings. The number of amides is 2. The first-order chi connectivity index (χ1) is 17.4. The second-order valence-electron chi connectivity index (χ2n) is 9.08. The lowest BCUT2D eigenvalue weighted by atomic mass is 9.90. The molecule has 2 amide bonds. The second kappa shape index (κ2) is 11.7. The molecule has 7 heteroatoms. The van der Waals surface area contributed by atoms with E-state index in [4.69, 9.17) is 9.47 Å². The molecule has 1 fully saturated rings. The van der Waals surface area contributed by atoms with Gasteiger partial charge in [0.2, 0.25) is 5.91 Å². The molecule has 2 atom stereocenters. The van der Waals surface area contributed by atoms with Crippen LogP contribution in [0.4, 0.5) is 4.39 Å². The molecule has 4 rings (SSSR count). The number of nitrogens with zero attached hydrogens (tertiary/aromatic N) is 2. The third-order valence-electron chi connectivity index (χ3n) is 6.51. The first-order valence-electron chi connectivity index (χ1n) is 12.1. The van der Waals surface area contributed by atoms with Crippen LogP contribution in [-0.4, -0.2) is 55.0 Å². The fraction of sp³-hybridized carbons (Fsp3) is 0.310. The Hall–Kier alpha value is -3.87. The van der Waals surface area contributed by atoms with Crippen molar-refractivity contribution in [3.8, 4) is 11.5 Å². The molecule has 36 heavy (non-hydrogen) atoms. The first kappa shape index (κ1) is 25.2. The predicted molar refractivity (Wildman–Crippen MR) is 135 cm³/mol. The minimum absolute atomic E-state index is 0.0182. The van der Waals surface area contributed by atoms with Gasteiger partial charge >= 0.3 is 0 Å². The summed E-state index contributed by atoms with van der Waals surface area (Å²) in [5, 5.41) is 0. The molecule has 0 bridgehead atoms. The Morgan fingerprint density at radius 3 is 2.31 bits per heavy atom. The van der Waals surface area contributed by atoms with Crippen molar-refractivity contribution in [1.29, 1.82) is 0 Å². The molecular weight excluding hydrogens is 459 g/mol. The Balaban J connectivity index is 1.48. The lowest BCUT2D eigenvalue weighted by Gasteiger charge is -2.39. The van der Waals surface area contributed by atoms with E-state index in [0.717, 1.165) is 5.56 Å². The summed E-state index contributed by atoms with van der Waals surface area (Å²) in [7, 11) is 3.37. The highest BCUT2D eigenvalue weighted by Crippen LogP contribution is 2.28. The van der Waals surface area contributed by atoms with E-state index in [1.807, 2.05) is 30.3 Å². The highest BCUT2D eigenvalue weighted by molar-refractivity contribution is 5.94. The van der Waals surface area contributed by atoms with Crippen LogP contribution in [0, 0.1) is 11.7 Å². The minimum atomic E-state index is -0.337. The number of methoxy groups -OCH3 is 1. The van der Waals surface area contributed by atoms with Gasteiger partial charge in [-0.3, -0.25) is 9.59 Å². The number of piperidine rings is 1. The van der Waals surface area contributed by atoms with Crippen LogP contribution in [0.2, 0.25) is 0 Å². The van der Waals surface area contributed by atoms with Crippen LogP contribution < -0.4 is 9.47 Å². The maximum Gasteiger partial charge on any atom is 0.253 e. The standard InChI is InChI=1S/C29H31FN2O4/c1-31(19-21-6-4-3-5-7-21)28(33)18-23-20-32(29(34)22-8-12-25(35-2)13-9-22)17-16-27(23)36-26-14-10-24(30)11-15-26/h3-15,23,27H,16-20H2,1-2H3/t23-,27-/m0/s1. The summed E-state index contributed by atoms with van der Waals surface area (Å²) in [5.74, 6) is 0.575. The van der Waals surface area contributed by atoms with Crippen LogP contribution in [0.1, 0.15) is 28.8 Å². The van der Waals surface area contributed by atoms with E-state index >= 15 is 0 Å². The normalized spacial score (nSPS) is 17.4. The summed E-state index contributed by atoms with van der Waals surface area (Å²) in [6.45, 7) is 1.40. The molecule has 6 nitrogen and oxygen atoms in total. The molecule has 0 aliphatic carbocycles. The van der Waals surface area contributed by atoms with Crippen LogP contribution in [-0.2, 0) is 11.3 Å². The highest BCUT2D eigenvalue weighted by Gasteiger charge is 2.35. The number of rotatable bonds is 8. The van der Waals surface area contributed by atoms with Crippen molar-refractivity contribution in [3.05, 3.63) is 95.8 Å². The SMILES string of the molecule is COc1ccc(C(=O)N2CC[C@H](Oc3ccc(F)cc3)[C@@H](CC(=O)N(C)Cc3ccccc3)C2)cc1. The summed E-state index contributed by atoms with van der Waals surface area (Å²) >= 11 is 0. The van der Waals surface area contributed by atoms with Gasteiger partial charge in [0.1, 0.15) is 23.4 Å². The average Bonchev–Trinajstić information content (AvgIpc) is 2.91. The third kappa shape index (κ3) is 6.42. The molecular formula is C29H31FN2O4. The third-order valence-corrected chi connectivity index (χ3v) is 6.51. The molecule has 0 aromatic heterocycles. The van der Waals surface area contributed by atoms with Gasteiger partial charge in [-0.05, 0) is 54.1 Å². The zero-order chi connectivity index (χ0) is 25.5. The van der Waals surface area contributed by atoms with Gasteiger partial charge in [-0.15, -0.1) is 0 Å². The van der Waals surface area contributed by atoms with E-state index in [9.17, 15) is 14.0 Å². The van der Waals surface area contributed by atoms with Gasteiger partial charge in [0.25, 0.3) is 5.91 Å². The molecule has 0 radical (unpaired) electrons. The van der Waals surface area contributed by atoms with Gasteiger partial charge in [-0.1, -0.05) is 30.3 Å². The van der Waals surface area contributed by atoms with Crippen LogP contribution in [0.3, 0.4) is 0 Å². The number of carbonyl (C=O) groups is 2. The summed E-state index contributed by atoms with van der Waals surface area (Å²) < 4.78 is 24.8. The van der Waals surface area contributed by atoms with E-state index in [1.165, 1.54) is 12.1 Å². The van der Waals surface area contributed by atoms with Crippen molar-refractivity contribution in [1.82, 2.24) is 9.80 Å². The molecule has 1 aliphatic rings. The number of likely N-dealkylation sites (tertiary alicyclic amines) is 1. The lowest BCUT2D eigenvalue weighted by Crippen LogP contribution is -2.49. The number of ether oxygens (including phenoxy) is 2. The Morgan fingerprint density at radius 1 is 0.972 bits per heavy atom. The van der Waals surface area contributed by atoms with Gasteiger partial charge in [-0.2, -0.15) is 0 Å². The van der Waals surface area contributed by atoms with Gasteiger partial charge in [0, 0.05) is 51.0 Å². The Kier molecular flexibility index (Phi) is 8.21. The van der Waals surface area contributed by atoms with E-state index in [0.29, 0.717) is 43.1 Å². The summed E-state index contributed by atoms with van der Waals surface area (Å²) in [6, 6.07) is 22.7. The molecule has 1 aliphatic heterocycles. The summed E-state index contributed by atoms with van der Waals surface area (Å²) in [6.07, 6.45) is 0.533. The van der Waals surface area contributed by atoms with Crippen LogP contribution >= 0.6 is 0 Å². The molecule has 0 spiro atoms. The molecule has 1 heterocycles. The van der Waals surface area contributed by atoms with Crippen LogP contribution in [0.15, 0.2) is 78.9 Å². The average molecular weight is 491 g/mol. The summed E-state index contributed by atoms with van der Waals surface area (Å²) in [4.78, 5) is 29.9. The van der Waals surface area contributed by atoms with E-state index in [-0.39, 0.29) is 36.1 Å². The molecule has 1 saturated heterocycles. The van der Waals surface area contributed by atoms with Crippen molar-refractivity contribution in [2.45, 2.75) is 25.5 Å². The van der Waals surface area contributed by atoms with Gasteiger partial charge in [0.05, 0.1) is 7.11 Å². The number of carbonyl (C=O) groups excluding carboxylic acids is 2. The van der Waals surface area contributed by atoms with Gasteiger partial charge in [0.15, 0.2) is 0 Å². The van der Waals surface area contributed by atoms with Crippen LogP contribution in [0.25, 0.3) is 0 Å². The van der Waals surface area contributed by atoms with E-state index in [2.05, 4.69) is 0 Å². The zero-order valence-electron chi connectivity index (χ0n) is 20.6. The topological polar surface area (TPSA) is 59.1 Å². The fourth-order valence-electron chi connectivity index (χ4n) is 4.48. The number of halogens is 1. The predicted octanol–water partition coefficient (Wildman–Crippen LogP) is 4.79. The molecule has 0 N–H and O–H groups in total. The largest absolute Gasteiger partial charge is 0.497 e. The number of hydrogen-bond acceptors (Lipinski definition) is 4. The number of hydrogen-bond donors (Lipinski definition) is 0. The zero-order valence-corrected chi connectivity index (χ0v) is 20.6. The number of benzene rings is 3. The van der Waals surface area contributed by atoms with Crippen molar-refractivity contribution in [2.75, 3.05) is 27.2 Å². The monoisotopic (exact) mass is 490 g/mol. The van der Waals surface area contributed by atoms with E-state index < -0.39 is 0 Å². The van der Waals surface area contributed by atoms with Gasteiger partial charge < -0.3 is 19.3 Å².